The van der Waals surface area contributed by atoms with Gasteiger partial charge in [0.25, 0.3) is 11.8 Å². The molecule has 0 radical (unpaired) electrons. The summed E-state index contributed by atoms with van der Waals surface area (Å²) in [6, 6.07) is 10.5. The van der Waals surface area contributed by atoms with Crippen LogP contribution in [0, 0.1) is 0 Å². The number of carbonyl (C=O) groups excluding carboxylic acids is 3. The molecule has 0 bridgehead atoms. The fourth-order valence-corrected chi connectivity index (χ4v) is 7.27. The number of hydrogen-bond acceptors (Lipinski definition) is 11. The Kier molecular flexibility index (Phi) is 12.1. The Bertz CT molecular complexity index is 1400. The topological polar surface area (TPSA) is 164 Å². The largest absolute Gasteiger partial charge is 0.449 e. The highest BCUT2D eigenvalue weighted by Crippen LogP contribution is 2.59. The van der Waals surface area contributed by atoms with Crippen LogP contribution in [0.25, 0.3) is 11.4 Å². The highest BCUT2D eigenvalue weighted by atomic mass is 31.2. The number of amides is 3. The molecule has 2 aliphatic rings. The van der Waals surface area contributed by atoms with Crippen LogP contribution in [0.4, 0.5) is 10.6 Å². The molecule has 46 heavy (non-hydrogen) atoms. The van der Waals surface area contributed by atoms with Gasteiger partial charge in [0, 0.05) is 44.4 Å². The summed E-state index contributed by atoms with van der Waals surface area (Å²) in [6.45, 7) is 7.95. The maximum absolute atomic E-state index is 14.3. The number of anilines is 1. The Balaban J connectivity index is 1.65. The molecule has 2 aromatic rings. The molecule has 2 saturated heterocycles. The minimum Gasteiger partial charge on any atom is -0.449 e. The van der Waals surface area contributed by atoms with Crippen molar-refractivity contribution in [1.82, 2.24) is 25.1 Å². The molecule has 3 heterocycles. The lowest BCUT2D eigenvalue weighted by Gasteiger charge is -2.41. The molecule has 2 N–H and O–H groups in total. The molecule has 0 saturated carbocycles. The second kappa shape index (κ2) is 15.8. The molecule has 0 aliphatic carbocycles. The SMILES string of the molecule is CCCCOC(=O)N1CCN(C(=O)C(C)(NC(=O)c2cc(N3CCC[C@@H]3O)nc(-c3ccccc3)n2)P(=O)(OCC)OCC)CC1. The number of carbonyl (C=O) groups is 3. The highest BCUT2D eigenvalue weighted by molar-refractivity contribution is 7.56. The predicted molar refractivity (Wildman–Crippen MR) is 171 cm³/mol. The maximum Gasteiger partial charge on any atom is 0.409 e. The quantitative estimate of drug-likeness (QED) is 0.237. The average molecular weight is 661 g/mol. The van der Waals surface area contributed by atoms with E-state index < -0.39 is 37.0 Å². The predicted octanol–water partition coefficient (Wildman–Crippen LogP) is 3.86. The van der Waals surface area contributed by atoms with E-state index in [2.05, 4.69) is 15.3 Å². The number of aliphatic hydroxyl groups excluding tert-OH is 1. The van der Waals surface area contributed by atoms with E-state index in [9.17, 15) is 24.1 Å². The molecule has 3 amide bonds. The number of unbranched alkanes of at least 4 members (excludes halogenated alkanes) is 1. The third-order valence-electron chi connectivity index (χ3n) is 7.96. The van der Waals surface area contributed by atoms with Crippen molar-refractivity contribution in [3.63, 3.8) is 0 Å². The van der Waals surface area contributed by atoms with Gasteiger partial charge < -0.3 is 38.9 Å². The second-order valence-electron chi connectivity index (χ2n) is 11.2. The number of nitrogens with zero attached hydrogens (tertiary/aromatic N) is 5. The van der Waals surface area contributed by atoms with Crippen molar-refractivity contribution in [2.45, 2.75) is 64.9 Å². The van der Waals surface area contributed by atoms with Gasteiger partial charge in [-0.2, -0.15) is 0 Å². The third kappa shape index (κ3) is 7.86. The molecule has 15 heteroatoms. The summed E-state index contributed by atoms with van der Waals surface area (Å²) >= 11 is 0. The van der Waals surface area contributed by atoms with E-state index in [-0.39, 0.29) is 50.9 Å². The van der Waals surface area contributed by atoms with Gasteiger partial charge in [-0.05, 0) is 40.0 Å². The Morgan fingerprint density at radius 2 is 1.65 bits per heavy atom. The minimum absolute atomic E-state index is 0.0456. The van der Waals surface area contributed by atoms with E-state index >= 15 is 0 Å². The lowest BCUT2D eigenvalue weighted by Crippen LogP contribution is -2.61. The van der Waals surface area contributed by atoms with E-state index in [0.29, 0.717) is 31.0 Å². The number of hydrogen-bond donors (Lipinski definition) is 2. The summed E-state index contributed by atoms with van der Waals surface area (Å²) < 4.78 is 30.9. The van der Waals surface area contributed by atoms with Gasteiger partial charge in [-0.25, -0.2) is 14.8 Å². The molecular weight excluding hydrogens is 615 g/mol. The van der Waals surface area contributed by atoms with E-state index in [0.717, 1.165) is 19.3 Å². The van der Waals surface area contributed by atoms with Crippen LogP contribution in [0.5, 0.6) is 0 Å². The average Bonchev–Trinajstić information content (AvgIpc) is 3.50. The minimum atomic E-state index is -4.33. The molecule has 2 atom stereocenters. The number of benzene rings is 1. The van der Waals surface area contributed by atoms with E-state index in [1.807, 2.05) is 25.1 Å². The van der Waals surface area contributed by atoms with Gasteiger partial charge in [0.1, 0.15) is 17.7 Å². The molecule has 4 rings (SSSR count). The number of aromatic nitrogens is 2. The van der Waals surface area contributed by atoms with Crippen LogP contribution in [0.2, 0.25) is 0 Å². The van der Waals surface area contributed by atoms with Crippen molar-refractivity contribution in [2.24, 2.45) is 0 Å². The Labute approximate surface area is 269 Å². The lowest BCUT2D eigenvalue weighted by atomic mass is 10.2. The van der Waals surface area contributed by atoms with Crippen molar-refractivity contribution in [2.75, 3.05) is 57.4 Å². The molecule has 14 nitrogen and oxygen atoms in total. The van der Waals surface area contributed by atoms with Crippen molar-refractivity contribution in [3.05, 3.63) is 42.1 Å². The zero-order chi connectivity index (χ0) is 33.3. The van der Waals surface area contributed by atoms with E-state index in [1.165, 1.54) is 22.8 Å². The fourth-order valence-electron chi connectivity index (χ4n) is 5.39. The van der Waals surface area contributed by atoms with Gasteiger partial charge in [0.2, 0.25) is 5.28 Å². The van der Waals surface area contributed by atoms with Crippen molar-refractivity contribution in [3.8, 4) is 11.4 Å². The van der Waals surface area contributed by atoms with E-state index in [4.69, 9.17) is 13.8 Å². The van der Waals surface area contributed by atoms with E-state index in [1.54, 1.807) is 30.9 Å². The molecule has 1 unspecified atom stereocenters. The van der Waals surface area contributed by atoms with Crippen LogP contribution < -0.4 is 10.2 Å². The number of piperazine rings is 1. The first-order chi connectivity index (χ1) is 22.1. The van der Waals surface area contributed by atoms with Crippen molar-refractivity contribution in [1.29, 1.82) is 0 Å². The molecule has 252 valence electrons. The number of rotatable bonds is 13. The molecule has 2 fully saturated rings. The Morgan fingerprint density at radius 3 is 2.24 bits per heavy atom. The Hall–Kier alpha value is -3.58. The van der Waals surface area contributed by atoms with Crippen LogP contribution in [0.3, 0.4) is 0 Å². The summed E-state index contributed by atoms with van der Waals surface area (Å²) in [4.78, 5) is 54.5. The number of aliphatic hydroxyl groups is 1. The highest BCUT2D eigenvalue weighted by Gasteiger charge is 2.56. The van der Waals surface area contributed by atoms with Crippen molar-refractivity contribution < 1.29 is 37.8 Å². The van der Waals surface area contributed by atoms with Crippen LogP contribution in [-0.2, 0) is 23.1 Å². The summed E-state index contributed by atoms with van der Waals surface area (Å²) in [5.41, 5.74) is 0.549. The van der Waals surface area contributed by atoms with Crippen LogP contribution >= 0.6 is 7.60 Å². The summed E-state index contributed by atoms with van der Waals surface area (Å²) in [6.07, 6.45) is 1.71. The van der Waals surface area contributed by atoms with Crippen LogP contribution in [0.15, 0.2) is 36.4 Å². The lowest BCUT2D eigenvalue weighted by molar-refractivity contribution is -0.136. The molecule has 1 aromatic carbocycles. The van der Waals surface area contributed by atoms with Crippen LogP contribution in [0.1, 0.15) is 63.9 Å². The third-order valence-corrected chi connectivity index (χ3v) is 10.6. The summed E-state index contributed by atoms with van der Waals surface area (Å²) in [5.74, 6) is -0.896. The number of ether oxygens (including phenoxy) is 1. The van der Waals surface area contributed by atoms with Gasteiger partial charge >= 0.3 is 13.7 Å². The molecule has 1 aromatic heterocycles. The molecule has 0 spiro atoms. The standard InChI is InChI=1S/C31H45N6O8P/c1-5-8-21-43-30(41)36-19-17-35(18-20-36)29(40)31(4,46(42,44-6-2)45-7-3)34-28(39)24-22-25(37-16-12-15-26(37)38)33-27(32-24)23-13-10-9-11-14-23/h9-11,13-14,22,26,38H,5-8,12,15-21H2,1-4H3,(H,34,39)/t26-,31?/m0/s1. The first kappa shape index (κ1) is 35.3. The summed E-state index contributed by atoms with van der Waals surface area (Å²) in [7, 11) is -4.33. The van der Waals surface area contributed by atoms with Gasteiger partial charge in [-0.3, -0.25) is 14.2 Å². The van der Waals surface area contributed by atoms with Crippen molar-refractivity contribution >= 4 is 31.3 Å². The summed E-state index contributed by atoms with van der Waals surface area (Å²) in [5, 5.41) is 11.1. The normalized spacial score (nSPS) is 18.3. The fraction of sp³-hybridized carbons (Fsp3) is 0.581. The zero-order valence-electron chi connectivity index (χ0n) is 27.0. The maximum atomic E-state index is 14.3. The monoisotopic (exact) mass is 660 g/mol. The van der Waals surface area contributed by atoms with Gasteiger partial charge in [0.15, 0.2) is 5.82 Å². The Morgan fingerprint density at radius 1 is 1.00 bits per heavy atom. The van der Waals surface area contributed by atoms with Gasteiger partial charge in [-0.15, -0.1) is 0 Å². The zero-order valence-corrected chi connectivity index (χ0v) is 27.9. The second-order valence-corrected chi connectivity index (χ2v) is 13.6. The smallest absolute Gasteiger partial charge is 0.409 e. The van der Waals surface area contributed by atoms with Crippen LogP contribution in [-0.4, -0.2) is 107 Å². The number of nitrogens with one attached hydrogen (secondary N) is 1. The molecule has 2 aliphatic heterocycles. The van der Waals surface area contributed by atoms with Gasteiger partial charge in [0.05, 0.1) is 19.8 Å². The first-order valence-electron chi connectivity index (χ1n) is 15.9. The first-order valence-corrected chi connectivity index (χ1v) is 17.4. The molecular formula is C31H45N6O8P. The van der Waals surface area contributed by atoms with Gasteiger partial charge in [-0.1, -0.05) is 43.7 Å².